The van der Waals surface area contributed by atoms with Crippen LogP contribution >= 0.6 is 31.9 Å². The topological polar surface area (TPSA) is 106 Å². The fourth-order valence-electron chi connectivity index (χ4n) is 2.73. The summed E-state index contributed by atoms with van der Waals surface area (Å²) in [5.41, 5.74) is 4.13. The van der Waals surface area contributed by atoms with E-state index in [0.29, 0.717) is 22.8 Å². The van der Waals surface area contributed by atoms with Crippen molar-refractivity contribution in [3.63, 3.8) is 0 Å². The summed E-state index contributed by atoms with van der Waals surface area (Å²) in [4.78, 5) is 22.9. The number of carbonyl (C=O) groups is 2. The summed E-state index contributed by atoms with van der Waals surface area (Å²) < 4.78 is 18.3. The Kier molecular flexibility index (Phi) is 9.06. The van der Waals surface area contributed by atoms with Gasteiger partial charge >= 0.3 is 5.97 Å². The van der Waals surface area contributed by atoms with Crippen molar-refractivity contribution in [2.45, 2.75) is 6.61 Å². The molecule has 0 saturated heterocycles. The van der Waals surface area contributed by atoms with E-state index in [1.807, 2.05) is 12.1 Å². The molecule has 0 aliphatic carbocycles. The number of methoxy groups -OCH3 is 1. The molecule has 3 aromatic carbocycles. The van der Waals surface area contributed by atoms with Crippen molar-refractivity contribution in [2.24, 2.45) is 5.10 Å². The first-order valence-electron chi connectivity index (χ1n) is 9.88. The van der Waals surface area contributed by atoms with Gasteiger partial charge in [0, 0.05) is 4.47 Å². The number of hydrogen-bond donors (Lipinski definition) is 2. The highest BCUT2D eigenvalue weighted by Crippen LogP contribution is 2.29. The van der Waals surface area contributed by atoms with Crippen molar-refractivity contribution in [1.82, 2.24) is 5.43 Å². The number of benzene rings is 3. The summed E-state index contributed by atoms with van der Waals surface area (Å²) in [7, 11) is 1.52. The van der Waals surface area contributed by atoms with Crippen LogP contribution in [0.3, 0.4) is 0 Å². The van der Waals surface area contributed by atoms with E-state index in [0.717, 1.165) is 14.5 Å². The minimum Gasteiger partial charge on any atom is -0.493 e. The second-order valence-electron chi connectivity index (χ2n) is 6.86. The molecule has 0 bridgehead atoms. The van der Waals surface area contributed by atoms with Crippen molar-refractivity contribution in [1.29, 1.82) is 0 Å². The lowest BCUT2D eigenvalue weighted by atomic mass is 10.1. The van der Waals surface area contributed by atoms with Gasteiger partial charge < -0.3 is 19.3 Å². The van der Waals surface area contributed by atoms with Crippen LogP contribution in [0, 0.1) is 0 Å². The number of carboxylic acids is 1. The van der Waals surface area contributed by atoms with E-state index in [9.17, 15) is 9.59 Å². The van der Waals surface area contributed by atoms with E-state index >= 15 is 0 Å². The molecule has 0 aliphatic heterocycles. The van der Waals surface area contributed by atoms with Gasteiger partial charge in [-0.2, -0.15) is 5.10 Å². The number of carboxylic acid groups (broad SMARTS) is 1. The van der Waals surface area contributed by atoms with Crippen LogP contribution in [-0.2, 0) is 11.4 Å². The van der Waals surface area contributed by atoms with E-state index in [2.05, 4.69) is 42.4 Å². The Balaban J connectivity index is 1.52. The van der Waals surface area contributed by atoms with Gasteiger partial charge in [0.25, 0.3) is 5.91 Å². The first-order chi connectivity index (χ1) is 16.4. The van der Waals surface area contributed by atoms with Gasteiger partial charge in [-0.1, -0.05) is 28.1 Å². The Labute approximate surface area is 212 Å². The standard InChI is InChI=1S/C24H20Br2N2O6/c1-32-22-10-16(4-8-21(22)33-13-15-2-5-17(6-3-15)24(30)31)12-27-28-23(29)14-34-20-9-7-18(25)11-19(20)26/h2-12H,13-14H2,1H3,(H,28,29)(H,30,31)/b27-12+. The number of hydrogen-bond acceptors (Lipinski definition) is 6. The molecule has 176 valence electrons. The molecule has 0 unspecified atom stereocenters. The third-order valence-corrected chi connectivity index (χ3v) is 5.55. The second-order valence-corrected chi connectivity index (χ2v) is 8.63. The quantitative estimate of drug-likeness (QED) is 0.253. The maximum absolute atomic E-state index is 12.0. The Morgan fingerprint density at radius 3 is 2.38 bits per heavy atom. The Morgan fingerprint density at radius 1 is 0.971 bits per heavy atom. The van der Waals surface area contributed by atoms with Gasteiger partial charge in [0.2, 0.25) is 0 Å². The summed E-state index contributed by atoms with van der Waals surface area (Å²) in [5, 5.41) is 12.9. The fourth-order valence-corrected chi connectivity index (χ4v) is 3.90. The average molecular weight is 592 g/mol. The van der Waals surface area contributed by atoms with Gasteiger partial charge in [-0.3, -0.25) is 4.79 Å². The summed E-state index contributed by atoms with van der Waals surface area (Å²) in [6.07, 6.45) is 1.48. The summed E-state index contributed by atoms with van der Waals surface area (Å²) >= 11 is 6.73. The Bertz CT molecular complexity index is 1200. The molecule has 0 spiro atoms. The average Bonchev–Trinajstić information content (AvgIpc) is 2.82. The number of nitrogens with zero attached hydrogens (tertiary/aromatic N) is 1. The molecule has 10 heteroatoms. The van der Waals surface area contributed by atoms with Crippen molar-refractivity contribution >= 4 is 50.0 Å². The van der Waals surface area contributed by atoms with E-state index in [-0.39, 0.29) is 18.8 Å². The van der Waals surface area contributed by atoms with Crippen LogP contribution in [0.2, 0.25) is 0 Å². The molecule has 8 nitrogen and oxygen atoms in total. The lowest BCUT2D eigenvalue weighted by Crippen LogP contribution is -2.24. The van der Waals surface area contributed by atoms with E-state index in [4.69, 9.17) is 19.3 Å². The van der Waals surface area contributed by atoms with Crippen LogP contribution in [0.5, 0.6) is 17.2 Å². The predicted molar refractivity (Wildman–Crippen MR) is 134 cm³/mol. The fraction of sp³-hybridized carbons (Fsp3) is 0.125. The van der Waals surface area contributed by atoms with E-state index in [1.165, 1.54) is 25.5 Å². The highest BCUT2D eigenvalue weighted by atomic mass is 79.9. The number of rotatable bonds is 10. The SMILES string of the molecule is COc1cc(/C=N/NC(=O)COc2ccc(Br)cc2Br)ccc1OCc1ccc(C(=O)O)cc1. The second kappa shape index (κ2) is 12.2. The molecule has 0 heterocycles. The van der Waals surface area contributed by atoms with Crippen LogP contribution < -0.4 is 19.6 Å². The number of aromatic carboxylic acids is 1. The number of ether oxygens (including phenoxy) is 3. The maximum atomic E-state index is 12.0. The first kappa shape index (κ1) is 25.3. The van der Waals surface area contributed by atoms with Crippen LogP contribution in [0.4, 0.5) is 0 Å². The molecule has 0 fully saturated rings. The van der Waals surface area contributed by atoms with E-state index < -0.39 is 11.9 Å². The lowest BCUT2D eigenvalue weighted by molar-refractivity contribution is -0.123. The van der Waals surface area contributed by atoms with Gasteiger partial charge in [-0.15, -0.1) is 0 Å². The monoisotopic (exact) mass is 590 g/mol. The Hall–Kier alpha value is -3.37. The van der Waals surface area contributed by atoms with Gasteiger partial charge in [0.15, 0.2) is 18.1 Å². The zero-order valence-electron chi connectivity index (χ0n) is 18.0. The Morgan fingerprint density at radius 2 is 1.71 bits per heavy atom. The molecular formula is C24H20Br2N2O6. The summed E-state index contributed by atoms with van der Waals surface area (Å²) in [6.45, 7) is 0.0509. The van der Waals surface area contributed by atoms with Crippen LogP contribution in [0.15, 0.2) is 74.7 Å². The van der Waals surface area contributed by atoms with Crippen LogP contribution in [0.1, 0.15) is 21.5 Å². The minimum atomic E-state index is -0.979. The van der Waals surface area contributed by atoms with Crippen LogP contribution in [0.25, 0.3) is 0 Å². The predicted octanol–water partition coefficient (Wildman–Crippen LogP) is 5.03. The number of hydrazone groups is 1. The minimum absolute atomic E-state index is 0.193. The zero-order chi connectivity index (χ0) is 24.5. The molecule has 34 heavy (non-hydrogen) atoms. The molecule has 0 radical (unpaired) electrons. The van der Waals surface area contributed by atoms with Gasteiger partial charge in [0.05, 0.1) is 23.4 Å². The number of nitrogens with one attached hydrogen (secondary N) is 1. The highest BCUT2D eigenvalue weighted by Gasteiger charge is 2.08. The molecule has 0 saturated carbocycles. The van der Waals surface area contributed by atoms with E-state index in [1.54, 1.807) is 36.4 Å². The van der Waals surface area contributed by atoms with Crippen molar-refractivity contribution in [3.8, 4) is 17.2 Å². The van der Waals surface area contributed by atoms with Crippen molar-refractivity contribution < 1.29 is 28.9 Å². The molecule has 0 aliphatic rings. The number of halogens is 2. The molecule has 0 atom stereocenters. The third-order valence-electron chi connectivity index (χ3n) is 4.44. The first-order valence-corrected chi connectivity index (χ1v) is 11.5. The van der Waals surface area contributed by atoms with Gasteiger partial charge in [0.1, 0.15) is 12.4 Å². The zero-order valence-corrected chi connectivity index (χ0v) is 21.1. The summed E-state index contributed by atoms with van der Waals surface area (Å²) in [6, 6.07) is 17.0. The number of amides is 1. The largest absolute Gasteiger partial charge is 0.493 e. The molecular weight excluding hydrogens is 572 g/mol. The van der Waals surface area contributed by atoms with Crippen molar-refractivity contribution in [2.75, 3.05) is 13.7 Å². The van der Waals surface area contributed by atoms with Gasteiger partial charge in [-0.05, 0) is 75.6 Å². The molecule has 1 amide bonds. The lowest BCUT2D eigenvalue weighted by Gasteiger charge is -2.11. The third kappa shape index (κ3) is 7.32. The van der Waals surface area contributed by atoms with Crippen molar-refractivity contribution in [3.05, 3.63) is 86.3 Å². The van der Waals surface area contributed by atoms with Gasteiger partial charge in [-0.25, -0.2) is 10.2 Å². The normalized spacial score (nSPS) is 10.7. The molecule has 0 aromatic heterocycles. The highest BCUT2D eigenvalue weighted by molar-refractivity contribution is 9.11. The summed E-state index contributed by atoms with van der Waals surface area (Å²) in [5.74, 6) is 0.153. The molecule has 3 rings (SSSR count). The smallest absolute Gasteiger partial charge is 0.335 e. The maximum Gasteiger partial charge on any atom is 0.335 e. The van der Waals surface area contributed by atoms with Crippen LogP contribution in [-0.4, -0.2) is 36.9 Å². The number of carbonyl (C=O) groups excluding carboxylic acids is 1. The molecule has 3 aromatic rings. The molecule has 2 N–H and O–H groups in total.